The van der Waals surface area contributed by atoms with Crippen LogP contribution in [0.3, 0.4) is 0 Å². The number of aryl methyl sites for hydroxylation is 1. The zero-order valence-corrected chi connectivity index (χ0v) is 16.1. The van der Waals surface area contributed by atoms with Crippen molar-refractivity contribution in [2.24, 2.45) is 0 Å². The maximum Gasteiger partial charge on any atom is 0.319 e. The number of nitrogens with one attached hydrogen (secondary N) is 2. The molecule has 4 nitrogen and oxygen atoms in total. The van der Waals surface area contributed by atoms with Gasteiger partial charge in [-0.15, -0.1) is 0 Å². The van der Waals surface area contributed by atoms with Crippen molar-refractivity contribution >= 4 is 17.4 Å². The van der Waals surface area contributed by atoms with Crippen LogP contribution >= 0.6 is 0 Å². The molecular weight excluding hydrogens is 334 g/mol. The molecule has 0 bridgehead atoms. The summed E-state index contributed by atoms with van der Waals surface area (Å²) in [7, 11) is 0. The summed E-state index contributed by atoms with van der Waals surface area (Å²) in [5.74, 6) is 0. The molecular formula is C23H29N3O. The molecule has 2 fully saturated rings. The van der Waals surface area contributed by atoms with Crippen LogP contribution in [0, 0.1) is 6.92 Å². The Balaban J connectivity index is 1.30. The van der Waals surface area contributed by atoms with E-state index in [1.54, 1.807) is 0 Å². The van der Waals surface area contributed by atoms with Crippen molar-refractivity contribution in [1.82, 2.24) is 5.32 Å². The van der Waals surface area contributed by atoms with E-state index in [9.17, 15) is 4.79 Å². The van der Waals surface area contributed by atoms with Crippen LogP contribution in [0.15, 0.2) is 48.5 Å². The van der Waals surface area contributed by atoms with Gasteiger partial charge in [-0.2, -0.15) is 0 Å². The Kier molecular flexibility index (Phi) is 5.06. The molecule has 4 heteroatoms. The van der Waals surface area contributed by atoms with Crippen molar-refractivity contribution < 1.29 is 4.79 Å². The van der Waals surface area contributed by atoms with E-state index in [1.165, 1.54) is 36.1 Å². The normalized spacial score (nSPS) is 18.0. The summed E-state index contributed by atoms with van der Waals surface area (Å²) in [6.07, 6.45) is 6.15. The Bertz CT molecular complexity index is 772. The molecule has 0 spiro atoms. The van der Waals surface area contributed by atoms with Crippen LogP contribution in [0.4, 0.5) is 16.2 Å². The molecule has 1 aliphatic carbocycles. The summed E-state index contributed by atoms with van der Waals surface area (Å²) >= 11 is 0. The number of urea groups is 1. The van der Waals surface area contributed by atoms with Crippen LogP contribution in [0.5, 0.6) is 0 Å². The number of nitrogens with zero attached hydrogens (tertiary/aromatic N) is 1. The molecule has 1 saturated heterocycles. The maximum absolute atomic E-state index is 12.3. The Morgan fingerprint density at radius 2 is 1.63 bits per heavy atom. The molecule has 1 heterocycles. The quantitative estimate of drug-likeness (QED) is 0.798. The number of carbonyl (C=O) groups excluding carboxylic acids is 1. The first kappa shape index (κ1) is 17.9. The van der Waals surface area contributed by atoms with Crippen LogP contribution < -0.4 is 15.5 Å². The number of anilines is 2. The van der Waals surface area contributed by atoms with E-state index in [-0.39, 0.29) is 11.4 Å². The highest BCUT2D eigenvalue weighted by Gasteiger charge is 2.44. The highest BCUT2D eigenvalue weighted by molar-refractivity contribution is 5.89. The third-order valence-electron chi connectivity index (χ3n) is 5.95. The number of piperidine rings is 1. The summed E-state index contributed by atoms with van der Waals surface area (Å²) in [5, 5.41) is 6.03. The summed E-state index contributed by atoms with van der Waals surface area (Å²) < 4.78 is 0. The van der Waals surface area contributed by atoms with Crippen LogP contribution in [0.2, 0.25) is 0 Å². The van der Waals surface area contributed by atoms with Gasteiger partial charge in [-0.25, -0.2) is 4.79 Å². The number of benzene rings is 2. The summed E-state index contributed by atoms with van der Waals surface area (Å²) in [6, 6.07) is 16.8. The van der Waals surface area contributed by atoms with E-state index >= 15 is 0 Å². The average molecular weight is 364 g/mol. The predicted molar refractivity (Wildman–Crippen MR) is 112 cm³/mol. The SMILES string of the molecule is Cc1ccc(C2(CNC(=O)Nc3ccc(N4CCCCC4)cc3)CC2)cc1. The fourth-order valence-electron chi connectivity index (χ4n) is 3.96. The molecule has 2 aromatic rings. The van der Waals surface area contributed by atoms with Crippen molar-refractivity contribution in [3.05, 3.63) is 59.7 Å². The Labute approximate surface area is 162 Å². The second-order valence-corrected chi connectivity index (χ2v) is 8.05. The monoisotopic (exact) mass is 363 g/mol. The lowest BCUT2D eigenvalue weighted by Gasteiger charge is -2.28. The number of hydrogen-bond donors (Lipinski definition) is 2. The van der Waals surface area contributed by atoms with E-state index in [2.05, 4.69) is 58.9 Å². The molecule has 142 valence electrons. The van der Waals surface area contributed by atoms with Gasteiger partial charge in [-0.3, -0.25) is 0 Å². The lowest BCUT2D eigenvalue weighted by Crippen LogP contribution is -2.35. The van der Waals surface area contributed by atoms with Gasteiger partial charge in [0.2, 0.25) is 0 Å². The van der Waals surface area contributed by atoms with Crippen LogP contribution in [-0.2, 0) is 5.41 Å². The molecule has 2 amide bonds. The predicted octanol–water partition coefficient (Wildman–Crippen LogP) is 4.84. The van der Waals surface area contributed by atoms with Gasteiger partial charge in [0.25, 0.3) is 0 Å². The van der Waals surface area contributed by atoms with Gasteiger partial charge in [-0.05, 0) is 68.9 Å². The molecule has 1 saturated carbocycles. The van der Waals surface area contributed by atoms with Gasteiger partial charge in [0.15, 0.2) is 0 Å². The number of carbonyl (C=O) groups is 1. The largest absolute Gasteiger partial charge is 0.372 e. The first-order valence-electron chi connectivity index (χ1n) is 10.1. The smallest absolute Gasteiger partial charge is 0.319 e. The molecule has 0 unspecified atom stereocenters. The van der Waals surface area contributed by atoms with Crippen LogP contribution in [0.25, 0.3) is 0 Å². The minimum absolute atomic E-state index is 0.126. The minimum Gasteiger partial charge on any atom is -0.372 e. The third-order valence-corrected chi connectivity index (χ3v) is 5.95. The Morgan fingerprint density at radius 1 is 0.963 bits per heavy atom. The molecule has 27 heavy (non-hydrogen) atoms. The molecule has 2 aliphatic rings. The van der Waals surface area contributed by atoms with E-state index < -0.39 is 0 Å². The van der Waals surface area contributed by atoms with Gasteiger partial charge < -0.3 is 15.5 Å². The van der Waals surface area contributed by atoms with E-state index in [4.69, 9.17) is 0 Å². The average Bonchev–Trinajstić information content (AvgIpc) is 3.49. The van der Waals surface area contributed by atoms with E-state index in [0.29, 0.717) is 6.54 Å². The molecule has 0 radical (unpaired) electrons. The lowest BCUT2D eigenvalue weighted by molar-refractivity contribution is 0.251. The first-order chi connectivity index (χ1) is 13.1. The van der Waals surface area contributed by atoms with Crippen molar-refractivity contribution in [2.75, 3.05) is 29.9 Å². The zero-order chi connectivity index (χ0) is 18.7. The van der Waals surface area contributed by atoms with E-state index in [0.717, 1.165) is 31.6 Å². The second-order valence-electron chi connectivity index (χ2n) is 8.05. The van der Waals surface area contributed by atoms with Crippen molar-refractivity contribution in [3.8, 4) is 0 Å². The molecule has 2 N–H and O–H groups in total. The number of hydrogen-bond acceptors (Lipinski definition) is 2. The fourth-order valence-corrected chi connectivity index (χ4v) is 3.96. The third kappa shape index (κ3) is 4.26. The van der Waals surface area contributed by atoms with Crippen LogP contribution in [0.1, 0.15) is 43.2 Å². The maximum atomic E-state index is 12.3. The van der Waals surface area contributed by atoms with Crippen molar-refractivity contribution in [2.45, 2.75) is 44.4 Å². The molecule has 2 aromatic carbocycles. The topological polar surface area (TPSA) is 44.4 Å². The highest BCUT2D eigenvalue weighted by Crippen LogP contribution is 2.47. The number of rotatable bonds is 5. The Morgan fingerprint density at radius 3 is 2.26 bits per heavy atom. The van der Waals surface area contributed by atoms with Gasteiger partial charge in [0.05, 0.1) is 0 Å². The van der Waals surface area contributed by atoms with Crippen molar-refractivity contribution in [1.29, 1.82) is 0 Å². The summed E-state index contributed by atoms with van der Waals surface area (Å²) in [5.41, 5.74) is 4.82. The standard InChI is InChI=1S/C23H29N3O/c1-18-5-7-19(8-6-18)23(13-14-23)17-24-22(27)25-20-9-11-21(12-10-20)26-15-3-2-4-16-26/h5-12H,2-4,13-17H2,1H3,(H2,24,25,27). The summed E-state index contributed by atoms with van der Waals surface area (Å²) in [4.78, 5) is 14.7. The molecule has 0 aromatic heterocycles. The van der Waals surface area contributed by atoms with Crippen molar-refractivity contribution in [3.63, 3.8) is 0 Å². The lowest BCUT2D eigenvalue weighted by atomic mass is 9.95. The molecule has 4 rings (SSSR count). The minimum atomic E-state index is -0.126. The fraction of sp³-hybridized carbons (Fsp3) is 0.435. The first-order valence-corrected chi connectivity index (χ1v) is 10.1. The van der Waals surface area contributed by atoms with Gasteiger partial charge >= 0.3 is 6.03 Å². The second kappa shape index (κ2) is 7.63. The Hall–Kier alpha value is -2.49. The van der Waals surface area contributed by atoms with Gasteiger partial charge in [-0.1, -0.05) is 29.8 Å². The number of amides is 2. The molecule has 0 atom stereocenters. The zero-order valence-electron chi connectivity index (χ0n) is 16.1. The van der Waals surface area contributed by atoms with Gasteiger partial charge in [0.1, 0.15) is 0 Å². The van der Waals surface area contributed by atoms with E-state index in [1.807, 2.05) is 12.1 Å². The van der Waals surface area contributed by atoms with Gasteiger partial charge in [0, 0.05) is 36.4 Å². The molecule has 1 aliphatic heterocycles. The van der Waals surface area contributed by atoms with Crippen LogP contribution in [-0.4, -0.2) is 25.7 Å². The summed E-state index contributed by atoms with van der Waals surface area (Å²) in [6.45, 7) is 5.06. The highest BCUT2D eigenvalue weighted by atomic mass is 16.2.